The number of hydrogen-bond donors (Lipinski definition) is 0. The number of nitrogens with zero attached hydrogens (tertiary/aromatic N) is 2. The molecule has 0 amide bonds. The maximum absolute atomic E-state index is 14.1. The number of piperidine rings is 3. The van der Waals surface area contributed by atoms with E-state index in [9.17, 15) is 4.79 Å². The van der Waals surface area contributed by atoms with Crippen molar-refractivity contribution < 1.29 is 18.8 Å². The summed E-state index contributed by atoms with van der Waals surface area (Å²) in [6.07, 6.45) is 8.14. The number of carbonyl (C=O) groups is 1. The predicted octanol–water partition coefficient (Wildman–Crippen LogP) is 5.40. The summed E-state index contributed by atoms with van der Waals surface area (Å²) in [5.74, 6) is 1.38. The highest BCUT2D eigenvalue weighted by molar-refractivity contribution is 5.82. The van der Waals surface area contributed by atoms with E-state index in [4.69, 9.17) is 9.47 Å². The van der Waals surface area contributed by atoms with Gasteiger partial charge in [-0.2, -0.15) is 0 Å². The molecule has 0 aliphatic carbocycles. The minimum Gasteiger partial charge on any atom is -0.493 e. The Labute approximate surface area is 217 Å². The zero-order valence-electron chi connectivity index (χ0n) is 21.9. The second kappa shape index (κ2) is 11.4. The first-order chi connectivity index (χ1) is 17.6. The van der Waals surface area contributed by atoms with Gasteiger partial charge in [0.25, 0.3) is 0 Å². The van der Waals surface area contributed by atoms with Crippen LogP contribution in [-0.2, 0) is 15.1 Å². The fourth-order valence-electron chi connectivity index (χ4n) is 6.74. The fraction of sp³-hybridized carbons (Fsp3) is 0.581. The van der Waals surface area contributed by atoms with Crippen LogP contribution in [0.1, 0.15) is 57.4 Å². The summed E-state index contributed by atoms with van der Waals surface area (Å²) in [6.45, 7) is 9.19. The van der Waals surface area contributed by atoms with Gasteiger partial charge in [0.15, 0.2) is 6.10 Å². The van der Waals surface area contributed by atoms with E-state index in [0.29, 0.717) is 5.92 Å². The Kier molecular flexibility index (Phi) is 7.97. The zero-order valence-corrected chi connectivity index (χ0v) is 21.9. The van der Waals surface area contributed by atoms with Crippen LogP contribution in [0, 0.1) is 5.92 Å². The van der Waals surface area contributed by atoms with Crippen molar-refractivity contribution in [2.45, 2.75) is 63.5 Å². The number of hydrogen-bond acceptors (Lipinski definition) is 4. The molecule has 4 fully saturated rings. The Balaban J connectivity index is 1.25. The lowest BCUT2D eigenvalue weighted by atomic mass is 9.82. The van der Waals surface area contributed by atoms with E-state index in [0.717, 1.165) is 80.7 Å². The molecule has 6 rings (SSSR count). The standard InChI is InChI=1S/C31H43N2O3/c1-31(27-13-6-4-7-14-27,32-19-10-2-3-11-20-32)30(34)36-29-25-33(22-17-26(29)18-23-33)21-12-24-35-28-15-8-5-9-16-28/h4-9,13-16,26,29H,2-3,10-12,17-25H2,1H3/q+1/t26?,29-,31?,33?/m0/s1. The van der Waals surface area contributed by atoms with Crippen molar-refractivity contribution in [2.75, 3.05) is 45.9 Å². The minimum atomic E-state index is -0.730. The molecule has 4 aliphatic rings. The molecule has 2 aromatic carbocycles. The zero-order chi connectivity index (χ0) is 24.8. The van der Waals surface area contributed by atoms with Gasteiger partial charge in [0.05, 0.1) is 26.2 Å². The van der Waals surface area contributed by atoms with Crippen LogP contribution in [-0.4, -0.2) is 67.3 Å². The van der Waals surface area contributed by atoms with E-state index in [2.05, 4.69) is 24.0 Å². The van der Waals surface area contributed by atoms with E-state index < -0.39 is 5.54 Å². The van der Waals surface area contributed by atoms with E-state index >= 15 is 0 Å². The molecule has 194 valence electrons. The monoisotopic (exact) mass is 491 g/mol. The van der Waals surface area contributed by atoms with Crippen molar-refractivity contribution in [1.29, 1.82) is 0 Å². The van der Waals surface area contributed by atoms with Crippen molar-refractivity contribution in [1.82, 2.24) is 4.90 Å². The number of para-hydroxylation sites is 1. The first-order valence-electron chi connectivity index (χ1n) is 14.1. The number of carbonyl (C=O) groups excluding carboxylic acids is 1. The Morgan fingerprint density at radius 1 is 0.944 bits per heavy atom. The lowest BCUT2D eigenvalue weighted by Crippen LogP contribution is -2.65. The molecule has 4 aliphatic heterocycles. The second-order valence-electron chi connectivity index (χ2n) is 11.3. The lowest BCUT2D eigenvalue weighted by molar-refractivity contribution is -0.946. The van der Waals surface area contributed by atoms with Gasteiger partial charge in [-0.15, -0.1) is 0 Å². The number of fused-ring (bicyclic) bond motifs is 3. The van der Waals surface area contributed by atoms with Crippen LogP contribution in [0.25, 0.3) is 0 Å². The van der Waals surface area contributed by atoms with Gasteiger partial charge in [-0.05, 0) is 50.6 Å². The van der Waals surface area contributed by atoms with Crippen LogP contribution < -0.4 is 4.74 Å². The highest BCUT2D eigenvalue weighted by atomic mass is 16.5. The molecule has 5 nitrogen and oxygen atoms in total. The smallest absolute Gasteiger partial charge is 0.331 e. The topological polar surface area (TPSA) is 38.8 Å². The van der Waals surface area contributed by atoms with E-state index in [1.165, 1.54) is 25.9 Å². The van der Waals surface area contributed by atoms with Gasteiger partial charge in [0.1, 0.15) is 17.8 Å². The normalized spacial score (nSPS) is 28.1. The first kappa shape index (κ1) is 25.3. The van der Waals surface area contributed by atoms with Crippen LogP contribution in [0.4, 0.5) is 0 Å². The molecular weight excluding hydrogens is 448 g/mol. The summed E-state index contributed by atoms with van der Waals surface area (Å²) >= 11 is 0. The third-order valence-corrected chi connectivity index (χ3v) is 9.06. The number of esters is 1. The molecule has 4 saturated heterocycles. The van der Waals surface area contributed by atoms with Crippen molar-refractivity contribution in [3.63, 3.8) is 0 Å². The fourth-order valence-corrected chi connectivity index (χ4v) is 6.74. The van der Waals surface area contributed by atoms with Crippen molar-refractivity contribution >= 4 is 5.97 Å². The quantitative estimate of drug-likeness (QED) is 0.268. The Hall–Kier alpha value is -2.37. The summed E-state index contributed by atoms with van der Waals surface area (Å²) in [7, 11) is 0. The van der Waals surface area contributed by atoms with Crippen molar-refractivity contribution in [3.05, 3.63) is 66.2 Å². The van der Waals surface area contributed by atoms with Crippen LogP contribution >= 0.6 is 0 Å². The van der Waals surface area contributed by atoms with Gasteiger partial charge >= 0.3 is 5.97 Å². The number of rotatable bonds is 9. The largest absolute Gasteiger partial charge is 0.493 e. The highest BCUT2D eigenvalue weighted by Gasteiger charge is 2.50. The van der Waals surface area contributed by atoms with E-state index in [1.807, 2.05) is 48.5 Å². The molecule has 2 aromatic rings. The SMILES string of the molecule is CC(C(=O)O[C@H]1C[N+]2(CCCOc3ccccc3)CCC1CC2)(c1ccccc1)N1CCCCCC1. The second-order valence-corrected chi connectivity index (χ2v) is 11.3. The maximum atomic E-state index is 14.1. The predicted molar refractivity (Wildman–Crippen MR) is 143 cm³/mol. The minimum absolute atomic E-state index is 0.0186. The molecule has 4 heterocycles. The van der Waals surface area contributed by atoms with Gasteiger partial charge < -0.3 is 14.0 Å². The molecule has 0 radical (unpaired) electrons. The molecule has 0 saturated carbocycles. The lowest BCUT2D eigenvalue weighted by Gasteiger charge is -2.52. The molecule has 5 heteroatoms. The third kappa shape index (κ3) is 5.47. The number of likely N-dealkylation sites (tertiary alicyclic amines) is 1. The van der Waals surface area contributed by atoms with Crippen LogP contribution in [0.5, 0.6) is 5.75 Å². The van der Waals surface area contributed by atoms with Crippen molar-refractivity contribution in [2.24, 2.45) is 5.92 Å². The number of benzene rings is 2. The maximum Gasteiger partial charge on any atom is 0.331 e. The van der Waals surface area contributed by atoms with Gasteiger partial charge in [-0.25, -0.2) is 4.79 Å². The first-order valence-corrected chi connectivity index (χ1v) is 14.1. The van der Waals surface area contributed by atoms with Crippen molar-refractivity contribution in [3.8, 4) is 5.75 Å². The highest BCUT2D eigenvalue weighted by Crippen LogP contribution is 2.38. The summed E-state index contributed by atoms with van der Waals surface area (Å²) < 4.78 is 13.5. The van der Waals surface area contributed by atoms with Crippen LogP contribution in [0.3, 0.4) is 0 Å². The third-order valence-electron chi connectivity index (χ3n) is 9.06. The Morgan fingerprint density at radius 3 is 2.25 bits per heavy atom. The van der Waals surface area contributed by atoms with E-state index in [1.54, 1.807) is 0 Å². The molecule has 1 unspecified atom stereocenters. The van der Waals surface area contributed by atoms with Crippen LogP contribution in [0.2, 0.25) is 0 Å². The average Bonchev–Trinajstić information content (AvgIpc) is 3.23. The molecule has 2 bridgehead atoms. The summed E-state index contributed by atoms with van der Waals surface area (Å²) in [5, 5.41) is 0. The Morgan fingerprint density at radius 2 is 1.58 bits per heavy atom. The molecular formula is C31H43N2O3+. The molecule has 36 heavy (non-hydrogen) atoms. The van der Waals surface area contributed by atoms with Gasteiger partial charge in [0, 0.05) is 25.2 Å². The molecule has 0 spiro atoms. The van der Waals surface area contributed by atoms with Gasteiger partial charge in [-0.3, -0.25) is 4.90 Å². The molecule has 0 N–H and O–H groups in total. The average molecular weight is 492 g/mol. The van der Waals surface area contributed by atoms with Crippen LogP contribution in [0.15, 0.2) is 60.7 Å². The van der Waals surface area contributed by atoms with Gasteiger partial charge in [-0.1, -0.05) is 61.4 Å². The molecule has 0 aromatic heterocycles. The van der Waals surface area contributed by atoms with Gasteiger partial charge in [0.2, 0.25) is 0 Å². The van der Waals surface area contributed by atoms with E-state index in [-0.39, 0.29) is 12.1 Å². The number of ether oxygens (including phenoxy) is 2. The number of quaternary nitrogens is 1. The summed E-state index contributed by atoms with van der Waals surface area (Å²) in [4.78, 5) is 16.4. The summed E-state index contributed by atoms with van der Waals surface area (Å²) in [5.41, 5.74) is 0.325. The molecule has 2 atom stereocenters. The Bertz CT molecular complexity index is 966. The summed E-state index contributed by atoms with van der Waals surface area (Å²) in [6, 6.07) is 20.4.